The van der Waals surface area contributed by atoms with Crippen molar-refractivity contribution in [1.82, 2.24) is 9.13 Å². The first-order chi connectivity index (χ1) is 16.4. The molecule has 3 N–H and O–H groups in total. The highest BCUT2D eigenvalue weighted by Gasteiger charge is 2.23. The van der Waals surface area contributed by atoms with Crippen molar-refractivity contribution in [2.24, 2.45) is 5.73 Å². The minimum absolute atomic E-state index is 0.00272. The number of hydrogen-bond acceptors (Lipinski definition) is 6. The molecule has 0 spiro atoms. The summed E-state index contributed by atoms with van der Waals surface area (Å²) in [5, 5.41) is 18.6. The van der Waals surface area contributed by atoms with E-state index < -0.39 is 17.2 Å². The van der Waals surface area contributed by atoms with Gasteiger partial charge in [0.25, 0.3) is 5.56 Å². The first-order valence-electron chi connectivity index (χ1n) is 11.0. The molecule has 1 atom stereocenters. The predicted octanol–water partition coefficient (Wildman–Crippen LogP) is 1.60. The van der Waals surface area contributed by atoms with E-state index in [1.807, 2.05) is 4.90 Å². The van der Waals surface area contributed by atoms with Gasteiger partial charge in [0.2, 0.25) is 0 Å². The molecule has 1 aliphatic rings. The standard InChI is InChI=1S/C25H25N5O4/c26-13-19-4-1-2-5-20(19)15-29-22(28-11-3-6-21(27)16-28)12-23(31)30(25(29)34)14-17-7-9-18(10-8-17)24(32)33/h1-2,4-5,7-10,12,21H,3,6,11,14-16,27H2,(H,32,33)/t21-/m1/s1. The Morgan fingerprint density at radius 3 is 2.50 bits per heavy atom. The van der Waals surface area contributed by atoms with E-state index in [4.69, 9.17) is 10.8 Å². The van der Waals surface area contributed by atoms with Crippen LogP contribution in [0.3, 0.4) is 0 Å². The van der Waals surface area contributed by atoms with Crippen LogP contribution in [0.25, 0.3) is 0 Å². The number of nitrogens with zero attached hydrogens (tertiary/aromatic N) is 4. The number of carbonyl (C=O) groups is 1. The smallest absolute Gasteiger partial charge is 0.335 e. The second kappa shape index (κ2) is 9.77. The van der Waals surface area contributed by atoms with Crippen LogP contribution in [-0.4, -0.2) is 39.3 Å². The Hall–Kier alpha value is -4.16. The molecule has 0 amide bonds. The van der Waals surface area contributed by atoms with Crippen LogP contribution in [0.5, 0.6) is 0 Å². The van der Waals surface area contributed by atoms with Crippen molar-refractivity contribution < 1.29 is 9.90 Å². The third-order valence-corrected chi connectivity index (χ3v) is 6.05. The van der Waals surface area contributed by atoms with E-state index in [0.29, 0.717) is 35.6 Å². The topological polar surface area (TPSA) is 134 Å². The molecule has 0 aliphatic carbocycles. The lowest BCUT2D eigenvalue weighted by atomic mass is 10.1. The molecule has 1 aliphatic heterocycles. The monoisotopic (exact) mass is 459 g/mol. The van der Waals surface area contributed by atoms with Crippen molar-refractivity contribution >= 4 is 11.8 Å². The van der Waals surface area contributed by atoms with Crippen LogP contribution in [0.15, 0.2) is 64.2 Å². The van der Waals surface area contributed by atoms with Crippen molar-refractivity contribution in [3.63, 3.8) is 0 Å². The quantitative estimate of drug-likeness (QED) is 0.572. The first kappa shape index (κ1) is 23.0. The fourth-order valence-electron chi connectivity index (χ4n) is 4.25. The Balaban J connectivity index is 1.80. The lowest BCUT2D eigenvalue weighted by Gasteiger charge is -2.34. The second-order valence-electron chi connectivity index (χ2n) is 8.41. The molecule has 174 valence electrons. The van der Waals surface area contributed by atoms with Crippen LogP contribution < -0.4 is 21.9 Å². The molecule has 0 radical (unpaired) electrons. The van der Waals surface area contributed by atoms with Crippen LogP contribution in [0.1, 0.15) is 39.9 Å². The minimum atomic E-state index is -1.05. The van der Waals surface area contributed by atoms with Gasteiger partial charge >= 0.3 is 11.7 Å². The SMILES string of the molecule is N#Cc1ccccc1Cn1c(N2CCC[C@@H](N)C2)cc(=O)n(Cc2ccc(C(=O)O)cc2)c1=O. The molecule has 0 unspecified atom stereocenters. The Morgan fingerprint density at radius 1 is 1.09 bits per heavy atom. The maximum Gasteiger partial charge on any atom is 0.335 e. The highest BCUT2D eigenvalue weighted by molar-refractivity contribution is 5.87. The number of rotatable bonds is 6. The molecule has 1 saturated heterocycles. The molecular weight excluding hydrogens is 434 g/mol. The molecule has 0 saturated carbocycles. The van der Waals surface area contributed by atoms with E-state index in [0.717, 1.165) is 17.4 Å². The number of nitrogens with two attached hydrogens (primary N) is 1. The van der Waals surface area contributed by atoms with Gasteiger partial charge in [0.15, 0.2) is 0 Å². The first-order valence-corrected chi connectivity index (χ1v) is 11.0. The summed E-state index contributed by atoms with van der Waals surface area (Å²) in [5.74, 6) is -0.568. The van der Waals surface area contributed by atoms with E-state index in [1.165, 1.54) is 22.8 Å². The van der Waals surface area contributed by atoms with E-state index in [1.54, 1.807) is 36.4 Å². The van der Waals surface area contributed by atoms with Crippen molar-refractivity contribution in [2.75, 3.05) is 18.0 Å². The van der Waals surface area contributed by atoms with E-state index in [9.17, 15) is 19.6 Å². The summed E-state index contributed by atoms with van der Waals surface area (Å²) in [7, 11) is 0. The van der Waals surface area contributed by atoms with Gasteiger partial charge in [0.05, 0.1) is 30.3 Å². The van der Waals surface area contributed by atoms with Gasteiger partial charge in [0.1, 0.15) is 5.82 Å². The third kappa shape index (κ3) is 4.77. The van der Waals surface area contributed by atoms with Gasteiger partial charge in [-0.3, -0.25) is 13.9 Å². The molecule has 2 aromatic carbocycles. The van der Waals surface area contributed by atoms with E-state index in [-0.39, 0.29) is 24.7 Å². The van der Waals surface area contributed by atoms with Crippen molar-refractivity contribution in [3.8, 4) is 6.07 Å². The van der Waals surface area contributed by atoms with Gasteiger partial charge in [-0.2, -0.15) is 5.26 Å². The number of aromatic carboxylic acids is 1. The average molecular weight is 460 g/mol. The highest BCUT2D eigenvalue weighted by Crippen LogP contribution is 2.19. The highest BCUT2D eigenvalue weighted by atomic mass is 16.4. The van der Waals surface area contributed by atoms with Crippen LogP contribution in [0.4, 0.5) is 5.82 Å². The minimum Gasteiger partial charge on any atom is -0.478 e. The number of carboxylic acid groups (broad SMARTS) is 1. The van der Waals surface area contributed by atoms with E-state index >= 15 is 0 Å². The lowest BCUT2D eigenvalue weighted by Crippen LogP contribution is -2.48. The second-order valence-corrected chi connectivity index (χ2v) is 8.41. The molecule has 9 heteroatoms. The van der Waals surface area contributed by atoms with Gasteiger partial charge < -0.3 is 15.7 Å². The number of aromatic nitrogens is 2. The Labute approximate surface area is 195 Å². The predicted molar refractivity (Wildman–Crippen MR) is 127 cm³/mol. The largest absolute Gasteiger partial charge is 0.478 e. The van der Waals surface area contributed by atoms with E-state index in [2.05, 4.69) is 6.07 Å². The molecule has 1 fully saturated rings. The zero-order chi connectivity index (χ0) is 24.2. The third-order valence-electron chi connectivity index (χ3n) is 6.05. The molecule has 1 aromatic heterocycles. The molecule has 9 nitrogen and oxygen atoms in total. The molecule has 0 bridgehead atoms. The lowest BCUT2D eigenvalue weighted by molar-refractivity contribution is 0.0697. The molecule has 2 heterocycles. The number of benzene rings is 2. The van der Waals surface area contributed by atoms with Crippen molar-refractivity contribution in [3.05, 3.63) is 97.7 Å². The van der Waals surface area contributed by atoms with Crippen molar-refractivity contribution in [2.45, 2.75) is 32.0 Å². The number of nitriles is 1. The number of hydrogen-bond donors (Lipinski definition) is 2. The molecular formula is C25H25N5O4. The molecule has 34 heavy (non-hydrogen) atoms. The average Bonchev–Trinajstić information content (AvgIpc) is 2.84. The molecule has 3 aromatic rings. The zero-order valence-electron chi connectivity index (χ0n) is 18.6. The van der Waals surface area contributed by atoms with Gasteiger partial charge in [-0.05, 0) is 42.2 Å². The Morgan fingerprint density at radius 2 is 1.82 bits per heavy atom. The van der Waals surface area contributed by atoms with Gasteiger partial charge in [-0.1, -0.05) is 30.3 Å². The van der Waals surface area contributed by atoms with Crippen LogP contribution in [0, 0.1) is 11.3 Å². The number of carboxylic acids is 1. The summed E-state index contributed by atoms with van der Waals surface area (Å²) in [5.41, 5.74) is 7.08. The maximum atomic E-state index is 13.6. The van der Waals surface area contributed by atoms with Gasteiger partial charge in [-0.25, -0.2) is 9.59 Å². The van der Waals surface area contributed by atoms with Crippen LogP contribution in [-0.2, 0) is 13.1 Å². The number of piperidine rings is 1. The van der Waals surface area contributed by atoms with Crippen LogP contribution in [0.2, 0.25) is 0 Å². The summed E-state index contributed by atoms with van der Waals surface area (Å²) in [6, 6.07) is 16.6. The normalized spacial score (nSPS) is 15.6. The summed E-state index contributed by atoms with van der Waals surface area (Å²) in [4.78, 5) is 39.7. The van der Waals surface area contributed by atoms with Gasteiger partial charge in [-0.15, -0.1) is 0 Å². The fourth-order valence-corrected chi connectivity index (χ4v) is 4.25. The van der Waals surface area contributed by atoms with Crippen LogP contribution >= 0.6 is 0 Å². The maximum absolute atomic E-state index is 13.6. The summed E-state index contributed by atoms with van der Waals surface area (Å²) < 4.78 is 2.64. The Bertz CT molecular complexity index is 1370. The Kier molecular flexibility index (Phi) is 6.61. The van der Waals surface area contributed by atoms with Crippen molar-refractivity contribution in [1.29, 1.82) is 5.26 Å². The zero-order valence-corrected chi connectivity index (χ0v) is 18.6. The number of anilines is 1. The molecule has 4 rings (SSSR count). The summed E-state index contributed by atoms with van der Waals surface area (Å²) >= 11 is 0. The summed E-state index contributed by atoms with van der Waals surface area (Å²) in [6.07, 6.45) is 1.73. The van der Waals surface area contributed by atoms with Gasteiger partial charge in [0, 0.05) is 25.2 Å². The fraction of sp³-hybridized carbons (Fsp3) is 0.280. The summed E-state index contributed by atoms with van der Waals surface area (Å²) in [6.45, 7) is 1.33.